The van der Waals surface area contributed by atoms with Crippen molar-refractivity contribution in [2.24, 2.45) is 0 Å². The molecule has 31 heavy (non-hydrogen) atoms. The zero-order valence-corrected chi connectivity index (χ0v) is 17.9. The number of hydrogen-bond acceptors (Lipinski definition) is 6. The van der Waals surface area contributed by atoms with Crippen molar-refractivity contribution in [3.8, 4) is 11.5 Å². The van der Waals surface area contributed by atoms with Crippen LogP contribution in [0.15, 0.2) is 41.3 Å². The van der Waals surface area contributed by atoms with Crippen LogP contribution in [-0.4, -0.2) is 66.0 Å². The van der Waals surface area contributed by atoms with Gasteiger partial charge < -0.3 is 19.1 Å². The summed E-state index contributed by atoms with van der Waals surface area (Å²) in [6.07, 6.45) is 2.35. The number of likely N-dealkylation sites (tertiary alicyclic amines) is 1. The molecule has 3 aromatic rings. The smallest absolute Gasteiger partial charge is 0.330 e. The average molecular weight is 426 g/mol. The topological polar surface area (TPSA) is 87.8 Å². The molecule has 1 amide bonds. The molecule has 0 spiro atoms. The van der Waals surface area contributed by atoms with Crippen molar-refractivity contribution in [3.63, 3.8) is 0 Å². The number of nitrogens with zero attached hydrogens (tertiary/aromatic N) is 4. The summed E-state index contributed by atoms with van der Waals surface area (Å²) >= 11 is 0. The molecule has 3 heterocycles. The second-order valence-electron chi connectivity index (χ2n) is 7.44. The van der Waals surface area contributed by atoms with Gasteiger partial charge in [-0.1, -0.05) is 0 Å². The van der Waals surface area contributed by atoms with Gasteiger partial charge in [0, 0.05) is 38.0 Å². The van der Waals surface area contributed by atoms with Gasteiger partial charge >= 0.3 is 5.69 Å². The first-order chi connectivity index (χ1) is 15.1. The Morgan fingerprint density at radius 2 is 1.90 bits per heavy atom. The minimum absolute atomic E-state index is 0.121. The normalized spacial score (nSPS) is 16.1. The summed E-state index contributed by atoms with van der Waals surface area (Å²) in [6.45, 7) is 1.86. The van der Waals surface area contributed by atoms with Crippen molar-refractivity contribution < 1.29 is 19.0 Å². The lowest BCUT2D eigenvalue weighted by Crippen LogP contribution is -2.32. The summed E-state index contributed by atoms with van der Waals surface area (Å²) in [5.74, 6) is 0.990. The number of methoxy groups -OCH3 is 3. The van der Waals surface area contributed by atoms with E-state index in [1.807, 2.05) is 12.1 Å². The van der Waals surface area contributed by atoms with E-state index >= 15 is 0 Å². The standard InChI is InChI=1S/C22H26N4O5/c1-29-10-9-25-19-5-4-7-23-20(19)26(22(25)28)16-6-8-24(14-16)21(27)15-11-17(30-2)13-18(12-15)31-3/h4-5,7,11-13,16H,6,8-10,14H2,1-3H3. The molecule has 1 aliphatic rings. The van der Waals surface area contributed by atoms with Gasteiger partial charge in [-0.05, 0) is 30.7 Å². The number of rotatable bonds is 7. The zero-order chi connectivity index (χ0) is 22.0. The molecule has 0 N–H and O–H groups in total. The van der Waals surface area contributed by atoms with Gasteiger partial charge in [0.2, 0.25) is 0 Å². The van der Waals surface area contributed by atoms with E-state index in [-0.39, 0.29) is 17.6 Å². The maximum absolute atomic E-state index is 13.2. The van der Waals surface area contributed by atoms with Crippen LogP contribution in [-0.2, 0) is 11.3 Å². The van der Waals surface area contributed by atoms with Crippen molar-refractivity contribution >= 4 is 17.1 Å². The highest BCUT2D eigenvalue weighted by Gasteiger charge is 2.31. The minimum Gasteiger partial charge on any atom is -0.497 e. The molecule has 0 aliphatic carbocycles. The number of aromatic nitrogens is 3. The Hall–Kier alpha value is -3.33. The van der Waals surface area contributed by atoms with E-state index in [4.69, 9.17) is 14.2 Å². The van der Waals surface area contributed by atoms with Crippen LogP contribution in [0.2, 0.25) is 0 Å². The number of imidazole rings is 1. The maximum Gasteiger partial charge on any atom is 0.330 e. The highest BCUT2D eigenvalue weighted by atomic mass is 16.5. The zero-order valence-electron chi connectivity index (χ0n) is 17.9. The Kier molecular flexibility index (Phi) is 5.94. The van der Waals surface area contributed by atoms with Crippen LogP contribution in [0.4, 0.5) is 0 Å². The molecule has 164 valence electrons. The van der Waals surface area contributed by atoms with Gasteiger partial charge in [-0.2, -0.15) is 0 Å². The molecule has 4 rings (SSSR count). The first kappa shape index (κ1) is 20.9. The van der Waals surface area contributed by atoms with Crippen LogP contribution >= 0.6 is 0 Å². The lowest BCUT2D eigenvalue weighted by molar-refractivity contribution is 0.0787. The van der Waals surface area contributed by atoms with Crippen molar-refractivity contribution in [2.75, 3.05) is 41.0 Å². The molecular weight excluding hydrogens is 400 g/mol. The lowest BCUT2D eigenvalue weighted by Gasteiger charge is -2.18. The summed E-state index contributed by atoms with van der Waals surface area (Å²) in [5, 5.41) is 0. The Labute approximate surface area is 179 Å². The summed E-state index contributed by atoms with van der Waals surface area (Å²) in [7, 11) is 4.71. The fourth-order valence-electron chi connectivity index (χ4n) is 4.09. The second-order valence-corrected chi connectivity index (χ2v) is 7.44. The number of ether oxygens (including phenoxy) is 3. The average Bonchev–Trinajstić information content (AvgIpc) is 3.39. The molecule has 9 nitrogen and oxygen atoms in total. The molecule has 1 unspecified atom stereocenters. The van der Waals surface area contributed by atoms with Gasteiger partial charge in [-0.15, -0.1) is 0 Å². The third-order valence-electron chi connectivity index (χ3n) is 5.66. The lowest BCUT2D eigenvalue weighted by atomic mass is 10.1. The molecule has 0 bridgehead atoms. The van der Waals surface area contributed by atoms with E-state index in [0.29, 0.717) is 55.4 Å². The Morgan fingerprint density at radius 3 is 2.58 bits per heavy atom. The summed E-state index contributed by atoms with van der Waals surface area (Å²) in [6, 6.07) is 8.67. The highest BCUT2D eigenvalue weighted by Crippen LogP contribution is 2.28. The van der Waals surface area contributed by atoms with E-state index in [1.165, 1.54) is 0 Å². The highest BCUT2D eigenvalue weighted by molar-refractivity contribution is 5.95. The number of carbonyl (C=O) groups is 1. The van der Waals surface area contributed by atoms with Crippen LogP contribution in [0.5, 0.6) is 11.5 Å². The first-order valence-electron chi connectivity index (χ1n) is 10.1. The van der Waals surface area contributed by atoms with E-state index in [9.17, 15) is 9.59 Å². The van der Waals surface area contributed by atoms with Gasteiger partial charge in [0.15, 0.2) is 5.65 Å². The fourth-order valence-corrected chi connectivity index (χ4v) is 4.09. The van der Waals surface area contributed by atoms with Crippen LogP contribution in [0.1, 0.15) is 22.8 Å². The number of hydrogen-bond donors (Lipinski definition) is 0. The molecule has 1 atom stereocenters. The summed E-state index contributed by atoms with van der Waals surface area (Å²) < 4.78 is 19.1. The van der Waals surface area contributed by atoms with Gasteiger partial charge in [-0.3, -0.25) is 13.9 Å². The van der Waals surface area contributed by atoms with Crippen LogP contribution < -0.4 is 15.2 Å². The quantitative estimate of drug-likeness (QED) is 0.574. The first-order valence-corrected chi connectivity index (χ1v) is 10.1. The van der Waals surface area contributed by atoms with Gasteiger partial charge in [0.1, 0.15) is 11.5 Å². The number of benzene rings is 1. The Bertz CT molecular complexity index is 1130. The molecule has 0 saturated carbocycles. The molecule has 0 radical (unpaired) electrons. The number of amides is 1. The Balaban J connectivity index is 1.62. The van der Waals surface area contributed by atoms with Crippen LogP contribution in [0.25, 0.3) is 11.2 Å². The molecule has 1 aliphatic heterocycles. The van der Waals surface area contributed by atoms with Crippen LogP contribution in [0.3, 0.4) is 0 Å². The van der Waals surface area contributed by atoms with Gasteiger partial charge in [0.25, 0.3) is 5.91 Å². The van der Waals surface area contributed by atoms with Crippen molar-refractivity contribution in [2.45, 2.75) is 19.0 Å². The summed E-state index contributed by atoms with van der Waals surface area (Å²) in [5.41, 5.74) is 1.76. The maximum atomic E-state index is 13.2. The number of pyridine rings is 1. The van der Waals surface area contributed by atoms with Gasteiger partial charge in [0.05, 0.1) is 38.9 Å². The van der Waals surface area contributed by atoms with Crippen LogP contribution in [0, 0.1) is 0 Å². The largest absolute Gasteiger partial charge is 0.497 e. The molecule has 1 saturated heterocycles. The minimum atomic E-state index is -0.148. The van der Waals surface area contributed by atoms with Gasteiger partial charge in [-0.25, -0.2) is 9.78 Å². The number of fused-ring (bicyclic) bond motifs is 1. The molecular formula is C22H26N4O5. The van der Waals surface area contributed by atoms with Crippen molar-refractivity contribution in [1.29, 1.82) is 0 Å². The molecule has 1 aromatic carbocycles. The number of carbonyl (C=O) groups excluding carboxylic acids is 1. The molecule has 2 aromatic heterocycles. The van der Waals surface area contributed by atoms with E-state index < -0.39 is 0 Å². The molecule has 1 fully saturated rings. The van der Waals surface area contributed by atoms with Crippen molar-refractivity contribution in [1.82, 2.24) is 19.0 Å². The van der Waals surface area contributed by atoms with E-state index in [2.05, 4.69) is 4.98 Å². The Morgan fingerprint density at radius 1 is 1.16 bits per heavy atom. The predicted molar refractivity (Wildman–Crippen MR) is 115 cm³/mol. The second kappa shape index (κ2) is 8.81. The third-order valence-corrected chi connectivity index (χ3v) is 5.66. The van der Waals surface area contributed by atoms with Crippen molar-refractivity contribution in [3.05, 3.63) is 52.6 Å². The monoisotopic (exact) mass is 426 g/mol. The SMILES string of the molecule is COCCn1c(=O)n(C2CCN(C(=O)c3cc(OC)cc(OC)c3)C2)c2ncccc21. The van der Waals surface area contributed by atoms with E-state index in [0.717, 1.165) is 5.52 Å². The van der Waals surface area contributed by atoms with E-state index in [1.54, 1.807) is 59.8 Å². The summed E-state index contributed by atoms with van der Waals surface area (Å²) in [4.78, 5) is 32.5. The fraction of sp³-hybridized carbons (Fsp3) is 0.409. The molecule has 9 heteroatoms. The third kappa shape index (κ3) is 3.88. The predicted octanol–water partition coefficient (Wildman–Crippen LogP) is 1.95.